The molecule has 5 nitrogen and oxygen atoms in total. The van der Waals surface area contributed by atoms with Crippen molar-refractivity contribution < 1.29 is 8.42 Å². The molecule has 2 aliphatic carbocycles. The normalized spacial score (nSPS) is 28.2. The quantitative estimate of drug-likeness (QED) is 0.905. The molecule has 0 spiro atoms. The predicted octanol–water partition coefficient (Wildman–Crippen LogP) is 2.18. The third kappa shape index (κ3) is 2.79. The van der Waals surface area contributed by atoms with Crippen LogP contribution in [0.2, 0.25) is 0 Å². The van der Waals surface area contributed by atoms with E-state index in [-0.39, 0.29) is 4.90 Å². The van der Waals surface area contributed by atoms with Crippen molar-refractivity contribution in [2.24, 2.45) is 17.8 Å². The number of hydrogen-bond donors (Lipinski definition) is 1. The molecule has 2 bridgehead atoms. The molecule has 0 radical (unpaired) electrons. The van der Waals surface area contributed by atoms with E-state index in [4.69, 9.17) is 0 Å². The minimum atomic E-state index is -3.43. The fraction of sp³-hybridized carbons (Fsp3) is 0.667. The molecule has 1 aromatic heterocycles. The SMILES string of the molecule is CNc1ccc(S(=O)(=O)N(C)CC2CC3CCC2C3)cn1. The fourth-order valence-electron chi connectivity index (χ4n) is 3.89. The first-order chi connectivity index (χ1) is 10.0. The van der Waals surface area contributed by atoms with Crippen molar-refractivity contribution in [3.05, 3.63) is 18.3 Å². The van der Waals surface area contributed by atoms with E-state index < -0.39 is 10.0 Å². The first-order valence-electron chi connectivity index (χ1n) is 7.61. The van der Waals surface area contributed by atoms with E-state index in [1.165, 1.54) is 36.2 Å². The molecule has 2 aliphatic rings. The summed E-state index contributed by atoms with van der Waals surface area (Å²) in [4.78, 5) is 4.37. The molecule has 1 aromatic rings. The third-order valence-corrected chi connectivity index (χ3v) is 6.88. The standard InChI is InChI=1S/C15H23N3O2S/c1-16-15-6-5-14(9-17-15)21(19,20)18(2)10-13-8-11-3-4-12(13)7-11/h5-6,9,11-13H,3-4,7-8,10H2,1-2H3,(H,16,17). The van der Waals surface area contributed by atoms with Crippen LogP contribution < -0.4 is 5.32 Å². The number of anilines is 1. The van der Waals surface area contributed by atoms with Gasteiger partial charge in [-0.1, -0.05) is 6.42 Å². The molecule has 3 unspecified atom stereocenters. The summed E-state index contributed by atoms with van der Waals surface area (Å²) in [5.41, 5.74) is 0. The number of pyridine rings is 1. The summed E-state index contributed by atoms with van der Waals surface area (Å²) >= 11 is 0. The van der Waals surface area contributed by atoms with Crippen LogP contribution in [0.5, 0.6) is 0 Å². The smallest absolute Gasteiger partial charge is 0.244 e. The average molecular weight is 309 g/mol. The Labute approximate surface area is 126 Å². The van der Waals surface area contributed by atoms with Gasteiger partial charge >= 0.3 is 0 Å². The highest BCUT2D eigenvalue weighted by molar-refractivity contribution is 7.89. The van der Waals surface area contributed by atoms with E-state index in [2.05, 4.69) is 10.3 Å². The van der Waals surface area contributed by atoms with E-state index in [1.807, 2.05) is 0 Å². The van der Waals surface area contributed by atoms with Crippen LogP contribution in [0.15, 0.2) is 23.2 Å². The van der Waals surface area contributed by atoms with Crippen molar-refractivity contribution in [1.29, 1.82) is 0 Å². The fourth-order valence-corrected chi connectivity index (χ4v) is 5.06. The second-order valence-corrected chi connectivity index (χ2v) is 8.39. The maximum absolute atomic E-state index is 12.6. The number of nitrogens with one attached hydrogen (secondary N) is 1. The first-order valence-corrected chi connectivity index (χ1v) is 9.05. The van der Waals surface area contributed by atoms with Crippen LogP contribution in [-0.4, -0.2) is 38.3 Å². The number of nitrogens with zero attached hydrogens (tertiary/aromatic N) is 2. The summed E-state index contributed by atoms with van der Waals surface area (Å²) in [6, 6.07) is 3.31. The lowest BCUT2D eigenvalue weighted by Crippen LogP contribution is -2.33. The van der Waals surface area contributed by atoms with Crippen molar-refractivity contribution in [3.8, 4) is 0 Å². The number of hydrogen-bond acceptors (Lipinski definition) is 4. The maximum Gasteiger partial charge on any atom is 0.244 e. The van der Waals surface area contributed by atoms with Gasteiger partial charge in [0.05, 0.1) is 0 Å². The summed E-state index contributed by atoms with van der Waals surface area (Å²) in [5, 5.41) is 2.89. The van der Waals surface area contributed by atoms with Crippen molar-refractivity contribution in [2.75, 3.05) is 26.0 Å². The topological polar surface area (TPSA) is 62.3 Å². The summed E-state index contributed by atoms with van der Waals surface area (Å²) in [6.07, 6.45) is 6.55. The molecule has 6 heteroatoms. The molecule has 2 saturated carbocycles. The van der Waals surface area contributed by atoms with Crippen LogP contribution in [0, 0.1) is 17.8 Å². The van der Waals surface area contributed by atoms with Crippen LogP contribution in [0.1, 0.15) is 25.7 Å². The van der Waals surface area contributed by atoms with E-state index >= 15 is 0 Å². The van der Waals surface area contributed by atoms with Gasteiger partial charge in [0.25, 0.3) is 0 Å². The number of sulfonamides is 1. The Hall–Kier alpha value is -1.14. The molecular weight excluding hydrogens is 286 g/mol. The zero-order valence-corrected chi connectivity index (χ0v) is 13.4. The lowest BCUT2D eigenvalue weighted by atomic mass is 9.89. The van der Waals surface area contributed by atoms with Crippen LogP contribution in [-0.2, 0) is 10.0 Å². The van der Waals surface area contributed by atoms with Gasteiger partial charge in [0, 0.05) is 26.8 Å². The van der Waals surface area contributed by atoms with Crippen molar-refractivity contribution in [2.45, 2.75) is 30.6 Å². The second-order valence-electron chi connectivity index (χ2n) is 6.35. The number of aromatic nitrogens is 1. The molecule has 0 aromatic carbocycles. The molecule has 0 saturated heterocycles. The van der Waals surface area contributed by atoms with Gasteiger partial charge in [-0.3, -0.25) is 0 Å². The second kappa shape index (κ2) is 5.57. The largest absolute Gasteiger partial charge is 0.373 e. The Balaban J connectivity index is 1.71. The minimum Gasteiger partial charge on any atom is -0.373 e. The highest BCUT2D eigenvalue weighted by atomic mass is 32.2. The summed E-state index contributed by atoms with van der Waals surface area (Å²) in [6.45, 7) is 0.636. The molecule has 1 N–H and O–H groups in total. The third-order valence-electron chi connectivity index (χ3n) is 5.08. The first kappa shape index (κ1) is 14.8. The molecule has 116 valence electrons. The monoisotopic (exact) mass is 309 g/mol. The summed E-state index contributed by atoms with van der Waals surface area (Å²) in [5.74, 6) is 2.78. The van der Waals surface area contributed by atoms with E-state index in [9.17, 15) is 8.42 Å². The Morgan fingerprint density at radius 3 is 2.67 bits per heavy atom. The minimum absolute atomic E-state index is 0.271. The van der Waals surface area contributed by atoms with Gasteiger partial charge in [0.15, 0.2) is 0 Å². The molecule has 0 aliphatic heterocycles. The summed E-state index contributed by atoms with van der Waals surface area (Å²) in [7, 11) is 0.0243. The summed E-state index contributed by atoms with van der Waals surface area (Å²) < 4.78 is 26.7. The van der Waals surface area contributed by atoms with Gasteiger partial charge in [0.2, 0.25) is 10.0 Å². The molecule has 3 rings (SSSR count). The average Bonchev–Trinajstić information content (AvgIpc) is 3.09. The Morgan fingerprint density at radius 1 is 1.33 bits per heavy atom. The number of rotatable bonds is 5. The van der Waals surface area contributed by atoms with Gasteiger partial charge in [-0.05, 0) is 49.1 Å². The van der Waals surface area contributed by atoms with Crippen LogP contribution in [0.25, 0.3) is 0 Å². The molecule has 1 heterocycles. The molecular formula is C15H23N3O2S. The lowest BCUT2D eigenvalue weighted by molar-refractivity contribution is 0.280. The molecule has 0 amide bonds. The van der Waals surface area contributed by atoms with Crippen LogP contribution >= 0.6 is 0 Å². The van der Waals surface area contributed by atoms with Crippen LogP contribution in [0.4, 0.5) is 5.82 Å². The van der Waals surface area contributed by atoms with Crippen molar-refractivity contribution in [3.63, 3.8) is 0 Å². The van der Waals surface area contributed by atoms with Gasteiger partial charge in [-0.2, -0.15) is 0 Å². The maximum atomic E-state index is 12.6. The Kier molecular flexibility index (Phi) is 3.92. The van der Waals surface area contributed by atoms with Gasteiger partial charge in [-0.15, -0.1) is 0 Å². The highest BCUT2D eigenvalue weighted by Gasteiger charge is 2.40. The van der Waals surface area contributed by atoms with E-state index in [0.717, 1.165) is 11.8 Å². The number of fused-ring (bicyclic) bond motifs is 2. The van der Waals surface area contributed by atoms with Crippen LogP contribution in [0.3, 0.4) is 0 Å². The lowest BCUT2D eigenvalue weighted by Gasteiger charge is -2.26. The zero-order valence-electron chi connectivity index (χ0n) is 12.6. The Bertz CT molecular complexity index is 600. The Morgan fingerprint density at radius 2 is 2.14 bits per heavy atom. The predicted molar refractivity (Wildman–Crippen MR) is 82.5 cm³/mol. The van der Waals surface area contributed by atoms with Gasteiger partial charge in [0.1, 0.15) is 10.7 Å². The molecule has 2 fully saturated rings. The van der Waals surface area contributed by atoms with E-state index in [1.54, 1.807) is 26.2 Å². The van der Waals surface area contributed by atoms with Crippen molar-refractivity contribution in [1.82, 2.24) is 9.29 Å². The van der Waals surface area contributed by atoms with Crippen molar-refractivity contribution >= 4 is 15.8 Å². The van der Waals surface area contributed by atoms with E-state index in [0.29, 0.717) is 18.3 Å². The van der Waals surface area contributed by atoms with Gasteiger partial charge < -0.3 is 5.32 Å². The zero-order chi connectivity index (χ0) is 15.0. The highest BCUT2D eigenvalue weighted by Crippen LogP contribution is 2.48. The molecule has 21 heavy (non-hydrogen) atoms. The molecule has 3 atom stereocenters. The van der Waals surface area contributed by atoms with Gasteiger partial charge in [-0.25, -0.2) is 17.7 Å².